The van der Waals surface area contributed by atoms with Crippen molar-refractivity contribution in [2.24, 2.45) is 5.73 Å². The van der Waals surface area contributed by atoms with Crippen LogP contribution >= 0.6 is 0 Å². The van der Waals surface area contributed by atoms with E-state index in [1.54, 1.807) is 0 Å². The van der Waals surface area contributed by atoms with Gasteiger partial charge >= 0.3 is 0 Å². The van der Waals surface area contributed by atoms with Gasteiger partial charge in [0.2, 0.25) is 0 Å². The number of methoxy groups -OCH3 is 1. The van der Waals surface area contributed by atoms with Crippen molar-refractivity contribution >= 4 is 0 Å². The number of nitrogens with zero attached hydrogens (tertiary/aromatic N) is 2. The maximum absolute atomic E-state index is 6.51. The Labute approximate surface area is 122 Å². The van der Waals surface area contributed by atoms with Gasteiger partial charge in [-0.25, -0.2) is 0 Å². The molecule has 1 atom stereocenters. The highest BCUT2D eigenvalue weighted by Gasteiger charge is 2.37. The zero-order chi connectivity index (χ0) is 14.6. The first-order valence-electron chi connectivity index (χ1n) is 7.92. The van der Waals surface area contributed by atoms with E-state index >= 15 is 0 Å². The monoisotopic (exact) mass is 279 g/mol. The van der Waals surface area contributed by atoms with Crippen molar-refractivity contribution < 1.29 is 4.74 Å². The summed E-state index contributed by atoms with van der Waals surface area (Å²) in [6.07, 6.45) is 10.1. The van der Waals surface area contributed by atoms with Gasteiger partial charge < -0.3 is 10.5 Å². The molecule has 0 radical (unpaired) electrons. The van der Waals surface area contributed by atoms with Gasteiger partial charge in [-0.05, 0) is 32.8 Å². The summed E-state index contributed by atoms with van der Waals surface area (Å²) in [7, 11) is 1.82. The van der Waals surface area contributed by atoms with Crippen molar-refractivity contribution in [2.45, 2.75) is 76.5 Å². The van der Waals surface area contributed by atoms with Crippen LogP contribution in [0.15, 0.2) is 12.3 Å². The van der Waals surface area contributed by atoms with Crippen LogP contribution in [0.5, 0.6) is 0 Å². The molecule has 0 bridgehead atoms. The summed E-state index contributed by atoms with van der Waals surface area (Å²) in [6.45, 7) is 4.28. The fraction of sp³-hybridized carbons (Fsp3) is 0.812. The molecule has 1 heterocycles. The highest BCUT2D eigenvalue weighted by Crippen LogP contribution is 2.33. The molecule has 4 heteroatoms. The zero-order valence-electron chi connectivity index (χ0n) is 13.1. The highest BCUT2D eigenvalue weighted by molar-refractivity contribution is 5.06. The molecule has 1 aliphatic carbocycles. The predicted molar refractivity (Wildman–Crippen MR) is 81.7 cm³/mol. The maximum atomic E-state index is 6.51. The maximum Gasteiger partial charge on any atom is 0.0832 e. The molecule has 0 aliphatic heterocycles. The fourth-order valence-electron chi connectivity index (χ4n) is 3.24. The van der Waals surface area contributed by atoms with E-state index in [0.717, 1.165) is 25.0 Å². The van der Waals surface area contributed by atoms with E-state index in [-0.39, 0.29) is 11.6 Å². The molecule has 1 aliphatic rings. The molecule has 0 aromatic carbocycles. The van der Waals surface area contributed by atoms with Gasteiger partial charge in [0.1, 0.15) is 0 Å². The van der Waals surface area contributed by atoms with Gasteiger partial charge in [-0.15, -0.1) is 0 Å². The van der Waals surface area contributed by atoms with E-state index in [2.05, 4.69) is 25.0 Å². The second-order valence-corrected chi connectivity index (χ2v) is 6.37. The molecule has 20 heavy (non-hydrogen) atoms. The highest BCUT2D eigenvalue weighted by atomic mass is 16.5. The lowest BCUT2D eigenvalue weighted by Gasteiger charge is -2.37. The Morgan fingerprint density at radius 3 is 2.45 bits per heavy atom. The Morgan fingerprint density at radius 1 is 1.30 bits per heavy atom. The van der Waals surface area contributed by atoms with Gasteiger partial charge in [0.05, 0.1) is 11.3 Å². The molecule has 0 spiro atoms. The third-order valence-electron chi connectivity index (χ3n) is 4.65. The molecule has 1 aromatic heterocycles. The van der Waals surface area contributed by atoms with Crippen LogP contribution in [0.3, 0.4) is 0 Å². The summed E-state index contributed by atoms with van der Waals surface area (Å²) in [5.74, 6) is 0. The topological polar surface area (TPSA) is 53.1 Å². The van der Waals surface area contributed by atoms with E-state index in [4.69, 9.17) is 10.5 Å². The van der Waals surface area contributed by atoms with Gasteiger partial charge in [-0.2, -0.15) is 5.10 Å². The number of rotatable bonds is 5. The minimum atomic E-state index is -0.155. The van der Waals surface area contributed by atoms with E-state index in [1.807, 2.05) is 18.0 Å². The first-order valence-corrected chi connectivity index (χ1v) is 7.92. The van der Waals surface area contributed by atoms with Crippen LogP contribution in [0.1, 0.15) is 64.1 Å². The Kier molecular flexibility index (Phi) is 5.22. The van der Waals surface area contributed by atoms with E-state index in [9.17, 15) is 0 Å². The molecular weight excluding hydrogens is 250 g/mol. The largest absolute Gasteiger partial charge is 0.377 e. The van der Waals surface area contributed by atoms with Crippen LogP contribution in [0.4, 0.5) is 0 Å². The molecule has 0 saturated heterocycles. The number of ether oxygens (including phenoxy) is 1. The standard InChI is InChI=1S/C16H29N3O/c1-13(2)19-11-8-14(18-19)12-15(17)16(20-3)9-6-4-5-7-10-16/h8,11,13,15H,4-7,9-10,12,17H2,1-3H3. The van der Waals surface area contributed by atoms with Crippen LogP contribution in [-0.2, 0) is 11.2 Å². The van der Waals surface area contributed by atoms with E-state index in [0.29, 0.717) is 6.04 Å². The first-order chi connectivity index (χ1) is 9.57. The smallest absolute Gasteiger partial charge is 0.0832 e. The molecule has 114 valence electrons. The summed E-state index contributed by atoms with van der Waals surface area (Å²) in [4.78, 5) is 0. The van der Waals surface area contributed by atoms with Gasteiger partial charge in [-0.3, -0.25) is 4.68 Å². The molecule has 2 N–H and O–H groups in total. The average Bonchev–Trinajstić information content (AvgIpc) is 2.75. The Balaban J connectivity index is 2.05. The molecule has 1 aromatic rings. The second kappa shape index (κ2) is 6.72. The molecule has 4 nitrogen and oxygen atoms in total. The van der Waals surface area contributed by atoms with Gasteiger partial charge in [0, 0.05) is 31.8 Å². The predicted octanol–water partition coefficient (Wildman–Crippen LogP) is 3.07. The van der Waals surface area contributed by atoms with Crippen molar-refractivity contribution in [3.63, 3.8) is 0 Å². The average molecular weight is 279 g/mol. The third-order valence-corrected chi connectivity index (χ3v) is 4.65. The Hall–Kier alpha value is -0.870. The molecule has 1 unspecified atom stereocenters. The third kappa shape index (κ3) is 3.41. The van der Waals surface area contributed by atoms with Crippen LogP contribution in [0.2, 0.25) is 0 Å². The summed E-state index contributed by atoms with van der Waals surface area (Å²) in [5.41, 5.74) is 7.43. The van der Waals surface area contributed by atoms with Gasteiger partial charge in [0.15, 0.2) is 0 Å². The quantitative estimate of drug-likeness (QED) is 0.843. The van der Waals surface area contributed by atoms with Crippen LogP contribution in [-0.4, -0.2) is 28.5 Å². The molecular formula is C16H29N3O. The molecule has 1 fully saturated rings. The summed E-state index contributed by atoms with van der Waals surface area (Å²) >= 11 is 0. The summed E-state index contributed by atoms with van der Waals surface area (Å²) in [5, 5.41) is 4.61. The lowest BCUT2D eigenvalue weighted by Crippen LogP contribution is -2.50. The van der Waals surface area contributed by atoms with Crippen molar-refractivity contribution in [3.05, 3.63) is 18.0 Å². The Bertz CT molecular complexity index is 406. The Morgan fingerprint density at radius 2 is 1.95 bits per heavy atom. The molecule has 2 rings (SSSR count). The first kappa shape index (κ1) is 15.5. The molecule has 0 amide bonds. The van der Waals surface area contributed by atoms with Crippen LogP contribution < -0.4 is 5.73 Å². The SMILES string of the molecule is COC1(C(N)Cc2ccn(C(C)C)n2)CCCCCC1. The summed E-state index contributed by atoms with van der Waals surface area (Å²) < 4.78 is 7.88. The lowest BCUT2D eigenvalue weighted by molar-refractivity contribution is -0.0432. The van der Waals surface area contributed by atoms with Crippen molar-refractivity contribution in [1.29, 1.82) is 0 Å². The number of hydrogen-bond acceptors (Lipinski definition) is 3. The second-order valence-electron chi connectivity index (χ2n) is 6.37. The normalized spacial score (nSPS) is 20.9. The number of hydrogen-bond donors (Lipinski definition) is 1. The van der Waals surface area contributed by atoms with Gasteiger partial charge in [0.25, 0.3) is 0 Å². The van der Waals surface area contributed by atoms with Crippen LogP contribution in [0, 0.1) is 0 Å². The number of aromatic nitrogens is 2. The van der Waals surface area contributed by atoms with Crippen molar-refractivity contribution in [3.8, 4) is 0 Å². The number of nitrogens with two attached hydrogens (primary N) is 1. The molecule has 1 saturated carbocycles. The minimum absolute atomic E-state index is 0.0288. The van der Waals surface area contributed by atoms with Crippen molar-refractivity contribution in [1.82, 2.24) is 9.78 Å². The lowest BCUT2D eigenvalue weighted by atomic mass is 9.84. The summed E-state index contributed by atoms with van der Waals surface area (Å²) in [6, 6.07) is 2.51. The van der Waals surface area contributed by atoms with E-state index < -0.39 is 0 Å². The van der Waals surface area contributed by atoms with Gasteiger partial charge in [-0.1, -0.05) is 25.7 Å². The van der Waals surface area contributed by atoms with Crippen molar-refractivity contribution in [2.75, 3.05) is 7.11 Å². The van der Waals surface area contributed by atoms with Crippen LogP contribution in [0.25, 0.3) is 0 Å². The zero-order valence-corrected chi connectivity index (χ0v) is 13.1. The minimum Gasteiger partial charge on any atom is -0.377 e. The fourth-order valence-corrected chi connectivity index (χ4v) is 3.24. The van der Waals surface area contributed by atoms with E-state index in [1.165, 1.54) is 25.7 Å².